The zero-order valence-corrected chi connectivity index (χ0v) is 22.0. The molecule has 1 fully saturated rings. The Kier molecular flexibility index (Phi) is 9.19. The normalized spacial score (nSPS) is 15.8. The van der Waals surface area contributed by atoms with Gasteiger partial charge in [-0.3, -0.25) is 14.9 Å². The van der Waals surface area contributed by atoms with Crippen molar-refractivity contribution >= 4 is 34.1 Å². The van der Waals surface area contributed by atoms with Crippen LogP contribution in [0.5, 0.6) is 0 Å². The molecule has 0 radical (unpaired) electrons. The van der Waals surface area contributed by atoms with E-state index in [1.807, 2.05) is 47.4 Å². The van der Waals surface area contributed by atoms with Crippen LogP contribution in [-0.2, 0) is 5.75 Å². The van der Waals surface area contributed by atoms with Gasteiger partial charge in [-0.05, 0) is 28.8 Å². The Labute approximate surface area is 222 Å². The molecular weight excluding hydrogens is 484 g/mol. The van der Waals surface area contributed by atoms with Crippen molar-refractivity contribution < 1.29 is 9.72 Å². The summed E-state index contributed by atoms with van der Waals surface area (Å²) >= 11 is 1.73. The highest BCUT2D eigenvalue weighted by Crippen LogP contribution is 2.24. The molecule has 0 aromatic heterocycles. The van der Waals surface area contributed by atoms with E-state index in [4.69, 9.17) is 5.73 Å². The number of nitro groups is 1. The molecule has 3 aromatic carbocycles. The molecule has 0 saturated carbocycles. The van der Waals surface area contributed by atoms with Crippen molar-refractivity contribution in [1.82, 2.24) is 9.80 Å². The first kappa shape index (κ1) is 26.7. The number of carbonyl (C=O) groups is 1. The van der Waals surface area contributed by atoms with Crippen LogP contribution in [0.25, 0.3) is 10.8 Å². The van der Waals surface area contributed by atoms with Crippen molar-refractivity contribution in [2.75, 3.05) is 31.9 Å². The Bertz CT molecular complexity index is 1260. The fraction of sp³-hybridized carbons (Fsp3) is 0.345. The van der Waals surface area contributed by atoms with Crippen molar-refractivity contribution in [2.24, 2.45) is 5.73 Å². The molecule has 1 aliphatic rings. The lowest BCUT2D eigenvalue weighted by Gasteiger charge is -2.39. The fourth-order valence-corrected chi connectivity index (χ4v) is 5.56. The maximum absolute atomic E-state index is 13.5. The van der Waals surface area contributed by atoms with E-state index < -0.39 is 0 Å². The largest absolute Gasteiger partial charge is 0.370 e. The van der Waals surface area contributed by atoms with E-state index in [0.717, 1.165) is 65.0 Å². The topological polar surface area (TPSA) is 92.7 Å². The van der Waals surface area contributed by atoms with Gasteiger partial charge < -0.3 is 15.5 Å². The van der Waals surface area contributed by atoms with Gasteiger partial charge >= 0.3 is 0 Å². The van der Waals surface area contributed by atoms with Gasteiger partial charge in [-0.25, -0.2) is 0 Å². The smallest absolute Gasteiger partial charge is 0.269 e. The molecular formula is C29H34N4O3S. The Hall–Kier alpha value is -3.36. The third-order valence-electron chi connectivity index (χ3n) is 6.58. The lowest BCUT2D eigenvalue weighted by atomic mass is 10.0. The van der Waals surface area contributed by atoms with E-state index in [0.29, 0.717) is 13.1 Å². The number of thioether (sulfide) groups is 1. The molecule has 2 N–H and O–H groups in total. The number of carbonyl (C=O) groups excluding carboxylic acids is 1. The van der Waals surface area contributed by atoms with E-state index in [1.165, 1.54) is 0 Å². The second-order valence-corrected chi connectivity index (χ2v) is 10.4. The highest BCUT2D eigenvalue weighted by Gasteiger charge is 2.27. The number of benzene rings is 3. The number of unbranched alkanes of at least 4 members (excludes halogenated alkanes) is 1. The molecule has 7 nitrogen and oxygen atoms in total. The number of amides is 1. The number of piperazine rings is 1. The number of fused-ring (bicyclic) bond motifs is 1. The summed E-state index contributed by atoms with van der Waals surface area (Å²) in [4.78, 5) is 28.2. The van der Waals surface area contributed by atoms with Crippen molar-refractivity contribution in [1.29, 1.82) is 0 Å². The predicted octanol–water partition coefficient (Wildman–Crippen LogP) is 5.45. The van der Waals surface area contributed by atoms with Gasteiger partial charge in [0.2, 0.25) is 0 Å². The fourth-order valence-electron chi connectivity index (χ4n) is 4.61. The summed E-state index contributed by atoms with van der Waals surface area (Å²) in [6.07, 6.45) is 4.26. The quantitative estimate of drug-likeness (QED) is 0.283. The van der Waals surface area contributed by atoms with Gasteiger partial charge in [-0.15, -0.1) is 0 Å². The predicted molar refractivity (Wildman–Crippen MR) is 152 cm³/mol. The summed E-state index contributed by atoms with van der Waals surface area (Å²) in [6, 6.07) is 20.6. The Balaban J connectivity index is 1.35. The first-order valence-corrected chi connectivity index (χ1v) is 13.9. The van der Waals surface area contributed by atoms with E-state index in [1.54, 1.807) is 36.0 Å². The van der Waals surface area contributed by atoms with Crippen LogP contribution in [0.1, 0.15) is 35.7 Å². The molecule has 8 heteroatoms. The minimum atomic E-state index is -0.383. The monoisotopic (exact) mass is 518 g/mol. The molecule has 1 atom stereocenters. The van der Waals surface area contributed by atoms with Gasteiger partial charge in [0.1, 0.15) is 0 Å². The molecule has 0 aliphatic carbocycles. The van der Waals surface area contributed by atoms with Gasteiger partial charge in [-0.2, -0.15) is 11.8 Å². The minimum absolute atomic E-state index is 0.0200. The van der Waals surface area contributed by atoms with Gasteiger partial charge in [0, 0.05) is 60.6 Å². The molecule has 0 spiro atoms. The number of nitrogens with zero attached hydrogens (tertiary/aromatic N) is 3. The van der Waals surface area contributed by atoms with E-state index in [-0.39, 0.29) is 22.6 Å². The molecule has 3 aromatic rings. The summed E-state index contributed by atoms with van der Waals surface area (Å²) < 4.78 is 0. The molecule has 1 heterocycles. The first-order valence-electron chi connectivity index (χ1n) is 12.7. The molecule has 1 amide bonds. The number of allylic oxidation sites excluding steroid dienone is 1. The third kappa shape index (κ3) is 6.90. The van der Waals surface area contributed by atoms with Crippen LogP contribution in [0, 0.1) is 10.1 Å². The number of nitrogens with two attached hydrogens (primary N) is 1. The van der Waals surface area contributed by atoms with Gasteiger partial charge in [0.05, 0.1) is 11.5 Å². The SMILES string of the molecule is CCC/C=C1\CN(C(=O)c2cccc3ccccc23)CCN1CC(N)CSCc1ccc([N+](=O)[O-])cc1. The average Bonchev–Trinajstić information content (AvgIpc) is 2.92. The van der Waals surface area contributed by atoms with Crippen LogP contribution in [0.2, 0.25) is 0 Å². The molecule has 1 aliphatic heterocycles. The maximum atomic E-state index is 13.5. The van der Waals surface area contributed by atoms with Crippen LogP contribution < -0.4 is 5.73 Å². The number of nitro benzene ring substituents is 1. The van der Waals surface area contributed by atoms with Gasteiger partial charge in [0.15, 0.2) is 0 Å². The Morgan fingerprint density at radius 1 is 1.11 bits per heavy atom. The second-order valence-electron chi connectivity index (χ2n) is 9.38. The molecule has 37 heavy (non-hydrogen) atoms. The molecule has 194 valence electrons. The second kappa shape index (κ2) is 12.7. The highest BCUT2D eigenvalue weighted by molar-refractivity contribution is 7.98. The van der Waals surface area contributed by atoms with Crippen LogP contribution in [0.15, 0.2) is 78.5 Å². The van der Waals surface area contributed by atoms with Crippen LogP contribution in [0.4, 0.5) is 5.69 Å². The molecule has 4 rings (SSSR count). The van der Waals surface area contributed by atoms with Crippen molar-refractivity contribution in [2.45, 2.75) is 31.6 Å². The van der Waals surface area contributed by atoms with Crippen LogP contribution in [0.3, 0.4) is 0 Å². The van der Waals surface area contributed by atoms with E-state index in [2.05, 4.69) is 17.9 Å². The highest BCUT2D eigenvalue weighted by atomic mass is 32.2. The number of hydrogen-bond donors (Lipinski definition) is 1. The number of hydrogen-bond acceptors (Lipinski definition) is 6. The van der Waals surface area contributed by atoms with E-state index >= 15 is 0 Å². The zero-order chi connectivity index (χ0) is 26.2. The molecule has 1 unspecified atom stereocenters. The molecule has 0 bridgehead atoms. The summed E-state index contributed by atoms with van der Waals surface area (Å²) in [6.45, 7) is 4.90. The lowest BCUT2D eigenvalue weighted by molar-refractivity contribution is -0.384. The summed E-state index contributed by atoms with van der Waals surface area (Å²) in [5.41, 5.74) is 9.58. The van der Waals surface area contributed by atoms with Crippen molar-refractivity contribution in [3.63, 3.8) is 0 Å². The summed E-state index contributed by atoms with van der Waals surface area (Å²) in [7, 11) is 0. The standard InChI is InChI=1S/C29H34N4O3S/c1-2-3-9-26-19-32(29(34)28-11-6-8-23-7-4-5-10-27(23)28)17-16-31(26)18-24(30)21-37-20-22-12-14-25(15-13-22)33(35)36/h4-15,24H,2-3,16-21,30H2,1H3/b26-9+. The van der Waals surface area contributed by atoms with Gasteiger partial charge in [0.25, 0.3) is 11.6 Å². The Morgan fingerprint density at radius 3 is 2.62 bits per heavy atom. The first-order chi connectivity index (χ1) is 18.0. The van der Waals surface area contributed by atoms with Crippen molar-refractivity contribution in [3.8, 4) is 0 Å². The Morgan fingerprint density at radius 2 is 1.86 bits per heavy atom. The minimum Gasteiger partial charge on any atom is -0.370 e. The molecule has 1 saturated heterocycles. The van der Waals surface area contributed by atoms with Crippen LogP contribution >= 0.6 is 11.8 Å². The summed E-state index contributed by atoms with van der Waals surface area (Å²) in [5.74, 6) is 1.62. The van der Waals surface area contributed by atoms with Crippen LogP contribution in [-0.4, -0.2) is 58.6 Å². The van der Waals surface area contributed by atoms with Gasteiger partial charge in [-0.1, -0.05) is 68.0 Å². The number of non-ortho nitro benzene ring substituents is 1. The van der Waals surface area contributed by atoms with E-state index in [9.17, 15) is 14.9 Å². The number of rotatable bonds is 10. The zero-order valence-electron chi connectivity index (χ0n) is 21.2. The average molecular weight is 519 g/mol. The van der Waals surface area contributed by atoms with Crippen molar-refractivity contribution in [3.05, 3.63) is 99.7 Å². The maximum Gasteiger partial charge on any atom is 0.269 e. The lowest BCUT2D eigenvalue weighted by Crippen LogP contribution is -2.50. The third-order valence-corrected chi connectivity index (χ3v) is 7.78. The summed E-state index contributed by atoms with van der Waals surface area (Å²) in [5, 5.41) is 12.9.